The lowest BCUT2D eigenvalue weighted by Crippen LogP contribution is -2.29. The molecule has 0 spiro atoms. The normalized spacial score (nSPS) is 18.2. The first-order valence-corrected chi connectivity index (χ1v) is 6.33. The molecule has 2 heterocycles. The molecule has 0 atom stereocenters. The van der Waals surface area contributed by atoms with Crippen molar-refractivity contribution in [2.24, 2.45) is 11.8 Å². The number of aromatic nitrogens is 3. The van der Waals surface area contributed by atoms with E-state index < -0.39 is 0 Å². The topological polar surface area (TPSA) is 42.7 Å². The van der Waals surface area contributed by atoms with Crippen LogP contribution in [-0.2, 0) is 13.0 Å². The molecule has 1 aromatic heterocycles. The molecule has 90 valence electrons. The summed E-state index contributed by atoms with van der Waals surface area (Å²) in [6.07, 6.45) is 5.51. The van der Waals surface area contributed by atoms with Gasteiger partial charge in [-0.1, -0.05) is 13.8 Å². The number of hydrogen-bond acceptors (Lipinski definition) is 3. The Hall–Kier alpha value is -0.900. The smallest absolute Gasteiger partial charge is 0.133 e. The molecule has 0 unspecified atom stereocenters. The molecule has 0 aromatic carbocycles. The SMILES string of the molecule is CC(C)Cn1cnnc1CC1CCNCC1. The first kappa shape index (κ1) is 11.6. The lowest BCUT2D eigenvalue weighted by Gasteiger charge is -2.22. The van der Waals surface area contributed by atoms with Crippen LogP contribution in [0.15, 0.2) is 6.33 Å². The predicted molar refractivity (Wildman–Crippen MR) is 64.2 cm³/mol. The molecule has 1 aromatic rings. The zero-order valence-corrected chi connectivity index (χ0v) is 10.3. The Bertz CT molecular complexity index is 313. The molecule has 2 rings (SSSR count). The minimum absolute atomic E-state index is 0.655. The fraction of sp³-hybridized carbons (Fsp3) is 0.833. The van der Waals surface area contributed by atoms with Crippen LogP contribution in [0.4, 0.5) is 0 Å². The zero-order chi connectivity index (χ0) is 11.4. The van der Waals surface area contributed by atoms with Crippen molar-refractivity contribution >= 4 is 0 Å². The van der Waals surface area contributed by atoms with E-state index in [4.69, 9.17) is 0 Å². The van der Waals surface area contributed by atoms with Gasteiger partial charge in [-0.05, 0) is 37.8 Å². The van der Waals surface area contributed by atoms with E-state index in [0.29, 0.717) is 5.92 Å². The second kappa shape index (κ2) is 5.43. The third kappa shape index (κ3) is 3.04. The van der Waals surface area contributed by atoms with Crippen LogP contribution in [0.3, 0.4) is 0 Å². The Morgan fingerprint density at radius 2 is 2.19 bits per heavy atom. The van der Waals surface area contributed by atoms with Crippen molar-refractivity contribution in [3.63, 3.8) is 0 Å². The molecule has 4 nitrogen and oxygen atoms in total. The van der Waals surface area contributed by atoms with Gasteiger partial charge in [0.1, 0.15) is 12.2 Å². The molecule has 1 aliphatic heterocycles. The van der Waals surface area contributed by atoms with E-state index in [-0.39, 0.29) is 0 Å². The van der Waals surface area contributed by atoms with Gasteiger partial charge < -0.3 is 9.88 Å². The molecular formula is C12H22N4. The van der Waals surface area contributed by atoms with E-state index in [1.807, 2.05) is 6.33 Å². The Morgan fingerprint density at radius 3 is 2.88 bits per heavy atom. The summed E-state index contributed by atoms with van der Waals surface area (Å²) in [6, 6.07) is 0. The van der Waals surface area contributed by atoms with Crippen LogP contribution < -0.4 is 5.32 Å². The Labute approximate surface area is 97.5 Å². The number of nitrogens with zero attached hydrogens (tertiary/aromatic N) is 3. The fourth-order valence-electron chi connectivity index (χ4n) is 2.33. The zero-order valence-electron chi connectivity index (χ0n) is 10.3. The summed E-state index contributed by atoms with van der Waals surface area (Å²) in [6.45, 7) is 7.81. The molecule has 1 aliphatic rings. The third-order valence-electron chi connectivity index (χ3n) is 3.19. The lowest BCUT2D eigenvalue weighted by molar-refractivity contribution is 0.359. The molecule has 0 aliphatic carbocycles. The standard InChI is InChI=1S/C12H22N4/c1-10(2)8-16-9-14-15-12(16)7-11-3-5-13-6-4-11/h9-11,13H,3-8H2,1-2H3. The van der Waals surface area contributed by atoms with E-state index in [1.165, 1.54) is 18.7 Å². The minimum atomic E-state index is 0.655. The van der Waals surface area contributed by atoms with E-state index >= 15 is 0 Å². The van der Waals surface area contributed by atoms with Gasteiger partial charge in [0.15, 0.2) is 0 Å². The van der Waals surface area contributed by atoms with Crippen LogP contribution >= 0.6 is 0 Å². The van der Waals surface area contributed by atoms with Crippen LogP contribution in [0.2, 0.25) is 0 Å². The quantitative estimate of drug-likeness (QED) is 0.839. The summed E-state index contributed by atoms with van der Waals surface area (Å²) in [5, 5.41) is 11.7. The molecule has 1 saturated heterocycles. The Balaban J connectivity index is 1.94. The first-order valence-electron chi connectivity index (χ1n) is 6.33. The van der Waals surface area contributed by atoms with Crippen LogP contribution in [0.5, 0.6) is 0 Å². The second-order valence-electron chi connectivity index (χ2n) is 5.19. The molecule has 0 radical (unpaired) electrons. The molecule has 1 N–H and O–H groups in total. The van der Waals surface area contributed by atoms with Crippen molar-refractivity contribution in [1.82, 2.24) is 20.1 Å². The maximum absolute atomic E-state index is 4.26. The van der Waals surface area contributed by atoms with Crippen molar-refractivity contribution in [2.75, 3.05) is 13.1 Å². The third-order valence-corrected chi connectivity index (χ3v) is 3.19. The van der Waals surface area contributed by atoms with Crippen LogP contribution in [-0.4, -0.2) is 27.9 Å². The number of hydrogen-bond donors (Lipinski definition) is 1. The van der Waals surface area contributed by atoms with Crippen LogP contribution in [0.25, 0.3) is 0 Å². The molecule has 4 heteroatoms. The van der Waals surface area contributed by atoms with Crippen molar-refractivity contribution in [3.05, 3.63) is 12.2 Å². The highest BCUT2D eigenvalue weighted by atomic mass is 15.3. The highest BCUT2D eigenvalue weighted by molar-refractivity contribution is 4.90. The average Bonchev–Trinajstić information content (AvgIpc) is 2.66. The van der Waals surface area contributed by atoms with Crippen molar-refractivity contribution in [2.45, 2.75) is 39.7 Å². The maximum atomic E-state index is 4.26. The molecule has 0 saturated carbocycles. The minimum Gasteiger partial charge on any atom is -0.317 e. The highest BCUT2D eigenvalue weighted by Gasteiger charge is 2.16. The van der Waals surface area contributed by atoms with Gasteiger partial charge in [-0.2, -0.15) is 0 Å². The summed E-state index contributed by atoms with van der Waals surface area (Å²) in [5.74, 6) is 2.61. The predicted octanol–water partition coefficient (Wildman–Crippen LogP) is 1.48. The van der Waals surface area contributed by atoms with Crippen LogP contribution in [0, 0.1) is 11.8 Å². The summed E-state index contributed by atoms with van der Waals surface area (Å²) < 4.78 is 2.21. The number of nitrogens with one attached hydrogen (secondary N) is 1. The monoisotopic (exact) mass is 222 g/mol. The average molecular weight is 222 g/mol. The lowest BCUT2D eigenvalue weighted by atomic mass is 9.94. The second-order valence-corrected chi connectivity index (χ2v) is 5.19. The molecular weight excluding hydrogens is 200 g/mol. The van der Waals surface area contributed by atoms with Gasteiger partial charge in [0.05, 0.1) is 0 Å². The maximum Gasteiger partial charge on any atom is 0.133 e. The Morgan fingerprint density at radius 1 is 1.44 bits per heavy atom. The van der Waals surface area contributed by atoms with Crippen LogP contribution in [0.1, 0.15) is 32.5 Å². The van der Waals surface area contributed by atoms with E-state index in [2.05, 4.69) is 33.9 Å². The number of rotatable bonds is 4. The van der Waals surface area contributed by atoms with E-state index in [1.54, 1.807) is 0 Å². The molecule has 0 amide bonds. The van der Waals surface area contributed by atoms with Gasteiger partial charge in [0.2, 0.25) is 0 Å². The van der Waals surface area contributed by atoms with Crippen molar-refractivity contribution in [1.29, 1.82) is 0 Å². The highest BCUT2D eigenvalue weighted by Crippen LogP contribution is 2.17. The number of piperidine rings is 1. The van der Waals surface area contributed by atoms with Gasteiger partial charge in [0, 0.05) is 13.0 Å². The van der Waals surface area contributed by atoms with Crippen molar-refractivity contribution in [3.8, 4) is 0 Å². The summed E-state index contributed by atoms with van der Waals surface area (Å²) in [4.78, 5) is 0. The summed E-state index contributed by atoms with van der Waals surface area (Å²) >= 11 is 0. The van der Waals surface area contributed by atoms with Crippen molar-refractivity contribution < 1.29 is 0 Å². The fourth-order valence-corrected chi connectivity index (χ4v) is 2.33. The largest absolute Gasteiger partial charge is 0.317 e. The van der Waals surface area contributed by atoms with E-state index in [0.717, 1.165) is 32.0 Å². The first-order chi connectivity index (χ1) is 7.75. The van der Waals surface area contributed by atoms with Gasteiger partial charge in [-0.15, -0.1) is 10.2 Å². The van der Waals surface area contributed by atoms with Gasteiger partial charge in [-0.25, -0.2) is 0 Å². The van der Waals surface area contributed by atoms with Gasteiger partial charge in [-0.3, -0.25) is 0 Å². The summed E-state index contributed by atoms with van der Waals surface area (Å²) in [7, 11) is 0. The Kier molecular flexibility index (Phi) is 3.93. The van der Waals surface area contributed by atoms with Gasteiger partial charge >= 0.3 is 0 Å². The molecule has 1 fully saturated rings. The molecule has 0 bridgehead atoms. The molecule has 16 heavy (non-hydrogen) atoms. The summed E-state index contributed by atoms with van der Waals surface area (Å²) in [5.41, 5.74) is 0. The van der Waals surface area contributed by atoms with E-state index in [9.17, 15) is 0 Å². The van der Waals surface area contributed by atoms with Gasteiger partial charge in [0.25, 0.3) is 0 Å².